The van der Waals surface area contributed by atoms with Gasteiger partial charge < -0.3 is 0 Å². The molecule has 14 heavy (non-hydrogen) atoms. The lowest BCUT2D eigenvalue weighted by atomic mass is 10.0. The Labute approximate surface area is 83.7 Å². The van der Waals surface area contributed by atoms with Gasteiger partial charge in [-0.2, -0.15) is 0 Å². The van der Waals surface area contributed by atoms with Gasteiger partial charge in [0.15, 0.2) is 0 Å². The molecule has 0 spiro atoms. The molecule has 0 N–H and O–H groups in total. The van der Waals surface area contributed by atoms with E-state index in [1.807, 2.05) is 7.05 Å². The van der Waals surface area contributed by atoms with E-state index in [1.54, 1.807) is 4.68 Å². The summed E-state index contributed by atoms with van der Waals surface area (Å²) in [6.07, 6.45) is 1.10. The molecular weight excluding hydrogens is 174 g/mol. The number of nitrogens with zero attached hydrogens (tertiary/aromatic N) is 3. The van der Waals surface area contributed by atoms with Crippen LogP contribution in [-0.2, 0) is 13.5 Å². The van der Waals surface area contributed by atoms with E-state index in [1.165, 1.54) is 5.56 Å². The van der Waals surface area contributed by atoms with Crippen molar-refractivity contribution < 1.29 is 0 Å². The van der Waals surface area contributed by atoms with Gasteiger partial charge in [-0.25, -0.2) is 4.68 Å². The summed E-state index contributed by atoms with van der Waals surface area (Å²) in [5, 5.41) is 8.08. The fraction of sp³-hybridized carbons (Fsp3) is 0.455. The minimum absolute atomic E-state index is 0.684. The summed E-state index contributed by atoms with van der Waals surface area (Å²) >= 11 is 0. The van der Waals surface area contributed by atoms with Gasteiger partial charge in [-0.05, 0) is 30.0 Å². The molecule has 3 heteroatoms. The van der Waals surface area contributed by atoms with E-state index < -0.39 is 0 Å². The third-order valence-corrected chi connectivity index (χ3v) is 2.32. The van der Waals surface area contributed by atoms with Gasteiger partial charge in [0, 0.05) is 7.05 Å². The second kappa shape index (κ2) is 3.40. The fourth-order valence-corrected chi connectivity index (χ4v) is 1.68. The molecule has 0 aliphatic rings. The number of aromatic nitrogens is 3. The van der Waals surface area contributed by atoms with Gasteiger partial charge in [0.1, 0.15) is 5.52 Å². The van der Waals surface area contributed by atoms with Crippen LogP contribution < -0.4 is 0 Å². The topological polar surface area (TPSA) is 30.7 Å². The Bertz CT molecular complexity index is 443. The molecule has 2 rings (SSSR count). The first-order valence-electron chi connectivity index (χ1n) is 4.95. The molecule has 1 aromatic heterocycles. The fourth-order valence-electron chi connectivity index (χ4n) is 1.68. The van der Waals surface area contributed by atoms with Crippen molar-refractivity contribution in [2.24, 2.45) is 13.0 Å². The first-order valence-corrected chi connectivity index (χ1v) is 4.95. The Morgan fingerprint density at radius 3 is 2.86 bits per heavy atom. The van der Waals surface area contributed by atoms with E-state index in [-0.39, 0.29) is 0 Å². The Hall–Kier alpha value is -1.38. The van der Waals surface area contributed by atoms with Crippen LogP contribution >= 0.6 is 0 Å². The van der Waals surface area contributed by atoms with Crippen molar-refractivity contribution in [1.82, 2.24) is 15.0 Å². The zero-order chi connectivity index (χ0) is 10.1. The van der Waals surface area contributed by atoms with Gasteiger partial charge in [-0.3, -0.25) is 0 Å². The molecule has 0 radical (unpaired) electrons. The second-order valence-electron chi connectivity index (χ2n) is 4.13. The van der Waals surface area contributed by atoms with Crippen molar-refractivity contribution >= 4 is 11.0 Å². The highest BCUT2D eigenvalue weighted by molar-refractivity contribution is 5.74. The molecule has 0 aliphatic heterocycles. The summed E-state index contributed by atoms with van der Waals surface area (Å²) in [6, 6.07) is 6.38. The average Bonchev–Trinajstić information content (AvgIpc) is 2.46. The highest BCUT2D eigenvalue weighted by atomic mass is 15.4. The molecule has 74 valence electrons. The Kier molecular flexibility index (Phi) is 2.23. The quantitative estimate of drug-likeness (QED) is 0.724. The number of aryl methyl sites for hydroxylation is 1. The molecule has 1 aromatic carbocycles. The summed E-state index contributed by atoms with van der Waals surface area (Å²) in [4.78, 5) is 0. The van der Waals surface area contributed by atoms with Crippen molar-refractivity contribution in [3.05, 3.63) is 23.8 Å². The smallest absolute Gasteiger partial charge is 0.113 e. The minimum Gasteiger partial charge on any atom is -0.248 e. The third-order valence-electron chi connectivity index (χ3n) is 2.32. The normalized spacial score (nSPS) is 11.4. The van der Waals surface area contributed by atoms with Crippen molar-refractivity contribution in [2.45, 2.75) is 20.3 Å². The number of hydrogen-bond donors (Lipinski definition) is 0. The van der Waals surface area contributed by atoms with Crippen LogP contribution in [0.5, 0.6) is 0 Å². The van der Waals surface area contributed by atoms with E-state index >= 15 is 0 Å². The zero-order valence-electron chi connectivity index (χ0n) is 8.86. The molecule has 0 aliphatic carbocycles. The lowest BCUT2D eigenvalue weighted by Gasteiger charge is -2.03. The molecule has 0 atom stereocenters. The second-order valence-corrected chi connectivity index (χ2v) is 4.13. The maximum Gasteiger partial charge on any atom is 0.113 e. The summed E-state index contributed by atoms with van der Waals surface area (Å²) in [5.74, 6) is 0.684. The summed E-state index contributed by atoms with van der Waals surface area (Å²) in [5.41, 5.74) is 3.43. The third kappa shape index (κ3) is 1.62. The van der Waals surface area contributed by atoms with Crippen LogP contribution in [0.3, 0.4) is 0 Å². The van der Waals surface area contributed by atoms with E-state index in [0.29, 0.717) is 5.92 Å². The maximum absolute atomic E-state index is 4.10. The SMILES string of the molecule is CC(C)Cc1ccc2c(c1)nnn2C. The number of rotatable bonds is 2. The van der Waals surface area contributed by atoms with E-state index in [9.17, 15) is 0 Å². The monoisotopic (exact) mass is 189 g/mol. The van der Waals surface area contributed by atoms with E-state index in [0.717, 1.165) is 17.5 Å². The molecule has 0 saturated carbocycles. The molecule has 0 amide bonds. The lowest BCUT2D eigenvalue weighted by molar-refractivity contribution is 0.647. The van der Waals surface area contributed by atoms with Crippen molar-refractivity contribution in [1.29, 1.82) is 0 Å². The van der Waals surface area contributed by atoms with E-state index in [2.05, 4.69) is 42.4 Å². The molecule has 1 heterocycles. The molecule has 0 unspecified atom stereocenters. The van der Waals surface area contributed by atoms with Crippen LogP contribution in [0.15, 0.2) is 18.2 Å². The van der Waals surface area contributed by atoms with Crippen molar-refractivity contribution in [3.63, 3.8) is 0 Å². The van der Waals surface area contributed by atoms with Crippen LogP contribution in [0.25, 0.3) is 11.0 Å². The molecule has 2 aromatic rings. The standard InChI is InChI=1S/C11H15N3/c1-8(2)6-9-4-5-11-10(7-9)12-13-14(11)3/h4-5,7-8H,6H2,1-3H3. The van der Waals surface area contributed by atoms with Gasteiger partial charge in [0.2, 0.25) is 0 Å². The van der Waals surface area contributed by atoms with Gasteiger partial charge in [-0.1, -0.05) is 25.1 Å². The molecular formula is C11H15N3. The van der Waals surface area contributed by atoms with Gasteiger partial charge in [0.25, 0.3) is 0 Å². The van der Waals surface area contributed by atoms with Gasteiger partial charge in [0.05, 0.1) is 5.52 Å². The molecule has 0 fully saturated rings. The lowest BCUT2D eigenvalue weighted by Crippen LogP contribution is -1.94. The van der Waals surface area contributed by atoms with Crippen LogP contribution in [0.1, 0.15) is 19.4 Å². The first kappa shape index (κ1) is 9.19. The largest absolute Gasteiger partial charge is 0.248 e. The van der Waals surface area contributed by atoms with Gasteiger partial charge in [-0.15, -0.1) is 5.10 Å². The highest BCUT2D eigenvalue weighted by Gasteiger charge is 2.03. The summed E-state index contributed by atoms with van der Waals surface area (Å²) in [7, 11) is 1.91. The van der Waals surface area contributed by atoms with Crippen molar-refractivity contribution in [2.75, 3.05) is 0 Å². The Balaban J connectivity index is 2.42. The Morgan fingerprint density at radius 2 is 2.14 bits per heavy atom. The predicted molar refractivity (Wildman–Crippen MR) is 57.1 cm³/mol. The molecule has 0 saturated heterocycles. The average molecular weight is 189 g/mol. The Morgan fingerprint density at radius 1 is 1.36 bits per heavy atom. The number of hydrogen-bond acceptors (Lipinski definition) is 2. The number of benzene rings is 1. The van der Waals surface area contributed by atoms with Crippen molar-refractivity contribution in [3.8, 4) is 0 Å². The summed E-state index contributed by atoms with van der Waals surface area (Å²) < 4.78 is 1.80. The van der Waals surface area contributed by atoms with Crippen LogP contribution in [0, 0.1) is 5.92 Å². The first-order chi connectivity index (χ1) is 6.66. The van der Waals surface area contributed by atoms with E-state index in [4.69, 9.17) is 0 Å². The van der Waals surface area contributed by atoms with Crippen LogP contribution in [0.4, 0.5) is 0 Å². The maximum atomic E-state index is 4.10. The van der Waals surface area contributed by atoms with Gasteiger partial charge >= 0.3 is 0 Å². The number of fused-ring (bicyclic) bond motifs is 1. The predicted octanol–water partition coefficient (Wildman–Crippen LogP) is 2.17. The summed E-state index contributed by atoms with van der Waals surface area (Å²) in [6.45, 7) is 4.45. The molecule has 3 nitrogen and oxygen atoms in total. The minimum atomic E-state index is 0.684. The highest BCUT2D eigenvalue weighted by Crippen LogP contribution is 2.15. The van der Waals surface area contributed by atoms with Crippen LogP contribution in [-0.4, -0.2) is 15.0 Å². The van der Waals surface area contributed by atoms with Crippen LogP contribution in [0.2, 0.25) is 0 Å². The zero-order valence-corrected chi connectivity index (χ0v) is 8.86. The molecule has 0 bridgehead atoms.